The Hall–Kier alpha value is -1.82. The number of hydrogen-bond donors (Lipinski definition) is 0. The standard InChI is InChI=1S/C14F26/c15-2(1(12(32,33)34,13(35,36)37)14(38,39)40)5(18,19)3(16)4(17,7(22,23)6(2,20)21)9(26,27)11(30,31)10(28,29)8(3,24)25. The van der Waals surface area contributed by atoms with Gasteiger partial charge in [-0.25, -0.2) is 13.2 Å². The van der Waals surface area contributed by atoms with Crippen molar-refractivity contribution in [3.8, 4) is 0 Å². The molecule has 0 aromatic heterocycles. The highest BCUT2D eigenvalue weighted by Gasteiger charge is 3.18. The fourth-order valence-electron chi connectivity index (χ4n) is 4.49. The smallest absolute Gasteiger partial charge is 0.228 e. The van der Waals surface area contributed by atoms with Crippen LogP contribution in [-0.2, 0) is 0 Å². The highest BCUT2D eigenvalue weighted by Crippen LogP contribution is 2.85. The summed E-state index contributed by atoms with van der Waals surface area (Å²) in [6, 6.07) is 0. The van der Waals surface area contributed by atoms with E-state index >= 15 is 4.39 Å². The Bertz CT molecular complexity index is 1020. The lowest BCUT2D eigenvalue weighted by Gasteiger charge is -2.66. The molecule has 0 aromatic carbocycles. The lowest BCUT2D eigenvalue weighted by atomic mass is 9.47. The largest absolute Gasteiger partial charge is 0.415 e. The summed E-state index contributed by atoms with van der Waals surface area (Å²) in [5.41, 5.74) is -39.9. The van der Waals surface area contributed by atoms with Gasteiger partial charge in [0.2, 0.25) is 0 Å². The normalized spacial score (nSPS) is 38.0. The maximum Gasteiger partial charge on any atom is 0.415 e. The summed E-state index contributed by atoms with van der Waals surface area (Å²) in [6.07, 6.45) is -28.2. The quantitative estimate of drug-likeness (QED) is 0.248. The summed E-state index contributed by atoms with van der Waals surface area (Å²) in [5, 5.41) is 0. The minimum Gasteiger partial charge on any atom is -0.228 e. The molecule has 0 N–H and O–H groups in total. The molecule has 2 aliphatic carbocycles. The summed E-state index contributed by atoms with van der Waals surface area (Å²) < 4.78 is 360. The Labute approximate surface area is 198 Å². The predicted molar refractivity (Wildman–Crippen MR) is 66.7 cm³/mol. The number of halogens is 26. The van der Waals surface area contributed by atoms with Gasteiger partial charge in [0.25, 0.3) is 17.0 Å². The lowest BCUT2D eigenvalue weighted by Crippen LogP contribution is -3.01. The van der Waals surface area contributed by atoms with E-state index < -0.39 is 82.4 Å². The topological polar surface area (TPSA) is 0 Å². The van der Waals surface area contributed by atoms with Crippen molar-refractivity contribution in [1.29, 1.82) is 0 Å². The van der Waals surface area contributed by atoms with Crippen molar-refractivity contribution < 1.29 is 114 Å². The molecule has 238 valence electrons. The first-order valence-corrected chi connectivity index (χ1v) is 8.66. The molecular weight excluding hydrogens is 662 g/mol. The third-order valence-electron chi connectivity index (χ3n) is 6.44. The van der Waals surface area contributed by atoms with Crippen molar-refractivity contribution in [2.45, 2.75) is 77.0 Å². The zero-order valence-electron chi connectivity index (χ0n) is 16.8. The summed E-state index contributed by atoms with van der Waals surface area (Å²) in [6.45, 7) is 0. The van der Waals surface area contributed by atoms with Crippen LogP contribution < -0.4 is 0 Å². The average molecular weight is 662 g/mol. The molecule has 2 rings (SSSR count). The van der Waals surface area contributed by atoms with E-state index in [9.17, 15) is 110 Å². The number of hydrogen-bond acceptors (Lipinski definition) is 0. The predicted octanol–water partition coefficient (Wildman–Crippen LogP) is 8.26. The summed E-state index contributed by atoms with van der Waals surface area (Å²) in [7, 11) is 0. The third kappa shape index (κ3) is 2.52. The van der Waals surface area contributed by atoms with E-state index in [0.29, 0.717) is 0 Å². The molecule has 2 fully saturated rings. The van der Waals surface area contributed by atoms with Gasteiger partial charge in [-0.15, -0.1) is 0 Å². The van der Waals surface area contributed by atoms with Gasteiger partial charge in [0, 0.05) is 0 Å². The monoisotopic (exact) mass is 662 g/mol. The van der Waals surface area contributed by atoms with E-state index in [0.717, 1.165) is 0 Å². The maximum absolute atomic E-state index is 15.1. The van der Waals surface area contributed by atoms with Gasteiger partial charge < -0.3 is 0 Å². The zero-order valence-corrected chi connectivity index (χ0v) is 16.8. The van der Waals surface area contributed by atoms with E-state index in [2.05, 4.69) is 0 Å². The van der Waals surface area contributed by atoms with Crippen LogP contribution in [0.25, 0.3) is 0 Å². The molecule has 0 bridgehead atoms. The second-order valence-corrected chi connectivity index (χ2v) is 8.24. The molecule has 2 aliphatic rings. The molecule has 40 heavy (non-hydrogen) atoms. The molecule has 0 radical (unpaired) electrons. The molecular formula is C14F26. The Morgan fingerprint density at radius 3 is 0.675 bits per heavy atom. The van der Waals surface area contributed by atoms with Crippen molar-refractivity contribution in [2.24, 2.45) is 5.41 Å². The molecule has 2 saturated carbocycles. The van der Waals surface area contributed by atoms with E-state index in [4.69, 9.17) is 0 Å². The van der Waals surface area contributed by atoms with E-state index in [1.807, 2.05) is 0 Å². The van der Waals surface area contributed by atoms with E-state index in [1.54, 1.807) is 0 Å². The van der Waals surface area contributed by atoms with Gasteiger partial charge in [-0.2, -0.15) is 101 Å². The molecule has 3 atom stereocenters. The Morgan fingerprint density at radius 1 is 0.250 bits per heavy atom. The van der Waals surface area contributed by atoms with Gasteiger partial charge in [-0.05, 0) is 0 Å². The number of fused-ring (bicyclic) bond motifs is 1. The molecule has 0 aromatic rings. The molecule has 0 spiro atoms. The summed E-state index contributed by atoms with van der Waals surface area (Å²) in [5.74, 6) is -66.3. The second kappa shape index (κ2) is 7.21. The van der Waals surface area contributed by atoms with Crippen molar-refractivity contribution in [2.75, 3.05) is 0 Å². The van der Waals surface area contributed by atoms with Crippen molar-refractivity contribution >= 4 is 0 Å². The van der Waals surface area contributed by atoms with Crippen LogP contribution in [0.3, 0.4) is 0 Å². The highest BCUT2D eigenvalue weighted by molar-refractivity contribution is 5.46. The van der Waals surface area contributed by atoms with Crippen LogP contribution in [0.2, 0.25) is 0 Å². The van der Waals surface area contributed by atoms with Gasteiger partial charge >= 0.3 is 65.4 Å². The average Bonchev–Trinajstić information content (AvgIpc) is 2.66. The van der Waals surface area contributed by atoms with Crippen LogP contribution in [0.1, 0.15) is 0 Å². The van der Waals surface area contributed by atoms with Crippen LogP contribution in [0, 0.1) is 5.41 Å². The van der Waals surface area contributed by atoms with Crippen LogP contribution in [0.4, 0.5) is 114 Å². The Balaban J connectivity index is 3.56. The van der Waals surface area contributed by atoms with Crippen molar-refractivity contribution in [3.63, 3.8) is 0 Å². The van der Waals surface area contributed by atoms with E-state index in [-0.39, 0.29) is 0 Å². The fraction of sp³-hybridized carbons (Fsp3) is 1.00. The van der Waals surface area contributed by atoms with Gasteiger partial charge in [0.05, 0.1) is 0 Å². The van der Waals surface area contributed by atoms with Gasteiger partial charge in [-0.1, -0.05) is 0 Å². The number of rotatable bonds is 1. The molecule has 0 heterocycles. The molecule has 0 saturated heterocycles. The maximum atomic E-state index is 15.1. The van der Waals surface area contributed by atoms with Gasteiger partial charge in [-0.3, -0.25) is 0 Å². The zero-order chi connectivity index (χ0) is 33.0. The van der Waals surface area contributed by atoms with Gasteiger partial charge in [0.1, 0.15) is 0 Å². The Kier molecular flexibility index (Phi) is 6.19. The summed E-state index contributed by atoms with van der Waals surface area (Å²) in [4.78, 5) is 0. The van der Waals surface area contributed by atoms with Crippen molar-refractivity contribution in [3.05, 3.63) is 0 Å². The SMILES string of the molecule is FC(F)(F)C(C(F)(F)F)(C(F)(F)F)C1(F)C(F)(F)C(F)(F)C2(F)C(F)(F)C(F)(F)C(F)(F)C(F)(F)C2(F)C1(F)F. The van der Waals surface area contributed by atoms with Crippen LogP contribution >= 0.6 is 0 Å². The van der Waals surface area contributed by atoms with Crippen LogP contribution in [0.15, 0.2) is 0 Å². The number of alkyl halides is 26. The first kappa shape index (κ1) is 34.4. The van der Waals surface area contributed by atoms with Crippen molar-refractivity contribution in [1.82, 2.24) is 0 Å². The summed E-state index contributed by atoms with van der Waals surface area (Å²) >= 11 is 0. The molecule has 0 amide bonds. The fourth-order valence-corrected chi connectivity index (χ4v) is 4.49. The minimum atomic E-state index is -10.3. The first-order valence-electron chi connectivity index (χ1n) is 8.66. The molecule has 0 nitrogen and oxygen atoms in total. The van der Waals surface area contributed by atoms with Crippen LogP contribution in [-0.4, -0.2) is 77.0 Å². The molecule has 3 unspecified atom stereocenters. The first-order chi connectivity index (χ1) is 16.8. The van der Waals surface area contributed by atoms with Crippen LogP contribution in [0.5, 0.6) is 0 Å². The lowest BCUT2D eigenvalue weighted by molar-refractivity contribution is -0.582. The molecule has 26 heteroatoms. The third-order valence-corrected chi connectivity index (χ3v) is 6.44. The van der Waals surface area contributed by atoms with Gasteiger partial charge in [0.15, 0.2) is 0 Å². The molecule has 0 aliphatic heterocycles. The Morgan fingerprint density at radius 2 is 0.450 bits per heavy atom. The highest BCUT2D eigenvalue weighted by atomic mass is 19.4. The van der Waals surface area contributed by atoms with E-state index in [1.165, 1.54) is 0 Å². The second-order valence-electron chi connectivity index (χ2n) is 8.24. The minimum absolute atomic E-state index is 8.84.